The predicted octanol–water partition coefficient (Wildman–Crippen LogP) is 3.54. The minimum Gasteiger partial charge on any atom is -0.299 e. The Morgan fingerprint density at radius 1 is 1.30 bits per heavy atom. The van der Waals surface area contributed by atoms with Crippen molar-refractivity contribution in [3.63, 3.8) is 0 Å². The Morgan fingerprint density at radius 3 is 2.77 bits per heavy atom. The Morgan fingerprint density at radius 2 is 2.07 bits per heavy atom. The van der Waals surface area contributed by atoms with E-state index in [-0.39, 0.29) is 11.7 Å². The topological polar surface area (TPSA) is 93.9 Å². The number of benzene rings is 1. The zero-order valence-corrected chi connectivity index (χ0v) is 18.2. The van der Waals surface area contributed by atoms with Crippen LogP contribution < -0.4 is 10.9 Å². The van der Waals surface area contributed by atoms with E-state index in [2.05, 4.69) is 39.6 Å². The Hall–Kier alpha value is -2.53. The highest BCUT2D eigenvalue weighted by Crippen LogP contribution is 2.33. The molecule has 0 spiro atoms. The van der Waals surface area contributed by atoms with E-state index in [9.17, 15) is 10.1 Å². The number of amides is 1. The summed E-state index contributed by atoms with van der Waals surface area (Å²) in [6.07, 6.45) is 5.00. The van der Waals surface area contributed by atoms with Gasteiger partial charge in [0.15, 0.2) is 0 Å². The van der Waals surface area contributed by atoms with Crippen LogP contribution in [0.3, 0.4) is 0 Å². The maximum absolute atomic E-state index is 13.0. The number of nitrogens with zero attached hydrogens (tertiary/aromatic N) is 4. The molecule has 1 aliphatic rings. The van der Waals surface area contributed by atoms with Crippen molar-refractivity contribution >= 4 is 17.5 Å². The number of nitrogens with one attached hydrogen (secondary N) is 2. The molecule has 8 heteroatoms. The molecule has 3 rings (SSSR count). The number of nitriles is 1. The fourth-order valence-corrected chi connectivity index (χ4v) is 3.74. The fourth-order valence-electron chi connectivity index (χ4n) is 3.56. The average molecular weight is 427 g/mol. The predicted molar refractivity (Wildman–Crippen MR) is 117 cm³/mol. The van der Waals surface area contributed by atoms with Crippen molar-refractivity contribution in [2.75, 3.05) is 19.6 Å². The van der Waals surface area contributed by atoms with Crippen LogP contribution in [0.25, 0.3) is 11.3 Å². The van der Waals surface area contributed by atoms with E-state index >= 15 is 0 Å². The number of hydrazine groups is 1. The molecular weight excluding hydrogens is 400 g/mol. The van der Waals surface area contributed by atoms with E-state index in [0.717, 1.165) is 18.7 Å². The SMILES string of the molecule is CC(C)CNNC(=O)c1cccc(CN2CCCCC2)c1-c1nc(C#N)ncc1Cl. The summed E-state index contributed by atoms with van der Waals surface area (Å²) in [6, 6.07) is 7.58. The maximum atomic E-state index is 13.0. The first-order valence-corrected chi connectivity index (χ1v) is 10.7. The van der Waals surface area contributed by atoms with Crippen LogP contribution in [0.2, 0.25) is 5.02 Å². The fraction of sp³-hybridized carbons (Fsp3) is 0.455. The summed E-state index contributed by atoms with van der Waals surface area (Å²) in [4.78, 5) is 23.7. The first-order chi connectivity index (χ1) is 14.5. The molecule has 1 aromatic heterocycles. The standard InChI is InChI=1S/C22H27ClN6O/c1-15(2)12-26-28-22(30)17-8-6-7-16(14-29-9-4-3-5-10-29)20(17)21-18(23)13-25-19(11-24)27-21/h6-8,13,15,26H,3-5,9-10,12,14H2,1-2H3,(H,28,30). The zero-order valence-electron chi connectivity index (χ0n) is 17.4. The van der Waals surface area contributed by atoms with Crippen LogP contribution in [0, 0.1) is 17.2 Å². The van der Waals surface area contributed by atoms with Gasteiger partial charge >= 0.3 is 0 Å². The van der Waals surface area contributed by atoms with Gasteiger partial charge in [-0.05, 0) is 43.5 Å². The lowest BCUT2D eigenvalue weighted by Gasteiger charge is -2.27. The molecule has 0 aliphatic carbocycles. The molecule has 1 saturated heterocycles. The number of likely N-dealkylation sites (tertiary alicyclic amines) is 1. The second-order valence-electron chi connectivity index (χ2n) is 7.91. The van der Waals surface area contributed by atoms with Gasteiger partial charge in [0.1, 0.15) is 6.07 Å². The number of carbonyl (C=O) groups is 1. The summed E-state index contributed by atoms with van der Waals surface area (Å²) in [7, 11) is 0. The molecule has 0 atom stereocenters. The third kappa shape index (κ3) is 5.54. The van der Waals surface area contributed by atoms with Crippen molar-refractivity contribution in [1.29, 1.82) is 5.26 Å². The van der Waals surface area contributed by atoms with Crippen LogP contribution in [-0.4, -0.2) is 40.4 Å². The van der Waals surface area contributed by atoms with Gasteiger partial charge in [0, 0.05) is 18.7 Å². The van der Waals surface area contributed by atoms with Gasteiger partial charge in [-0.2, -0.15) is 5.26 Å². The normalized spacial score (nSPS) is 14.5. The number of piperidine rings is 1. The number of carbonyl (C=O) groups excluding carboxylic acids is 1. The highest BCUT2D eigenvalue weighted by atomic mass is 35.5. The first kappa shape index (κ1) is 22.2. The monoisotopic (exact) mass is 426 g/mol. The van der Waals surface area contributed by atoms with Gasteiger partial charge < -0.3 is 0 Å². The van der Waals surface area contributed by atoms with Crippen LogP contribution in [0.15, 0.2) is 24.4 Å². The third-order valence-corrected chi connectivity index (χ3v) is 5.31. The molecule has 30 heavy (non-hydrogen) atoms. The van der Waals surface area contributed by atoms with E-state index in [0.29, 0.717) is 40.9 Å². The summed E-state index contributed by atoms with van der Waals surface area (Å²) in [6.45, 7) is 7.51. The third-order valence-electron chi connectivity index (χ3n) is 5.03. The highest BCUT2D eigenvalue weighted by molar-refractivity contribution is 6.33. The molecule has 158 valence electrons. The van der Waals surface area contributed by atoms with Gasteiger partial charge in [-0.3, -0.25) is 15.1 Å². The second kappa shape index (κ2) is 10.5. The van der Waals surface area contributed by atoms with Crippen LogP contribution in [0.1, 0.15) is 54.9 Å². The quantitative estimate of drug-likeness (QED) is 0.657. The molecule has 1 aliphatic heterocycles. The summed E-state index contributed by atoms with van der Waals surface area (Å²) < 4.78 is 0. The molecule has 0 saturated carbocycles. The number of halogens is 1. The van der Waals surface area contributed by atoms with Crippen molar-refractivity contribution in [3.05, 3.63) is 46.4 Å². The minimum atomic E-state index is -0.265. The molecular formula is C22H27ClN6O. The lowest BCUT2D eigenvalue weighted by Crippen LogP contribution is -2.39. The van der Waals surface area contributed by atoms with Crippen molar-refractivity contribution < 1.29 is 4.79 Å². The summed E-state index contributed by atoms with van der Waals surface area (Å²) in [5.41, 5.74) is 8.21. The number of hydrogen-bond donors (Lipinski definition) is 2. The molecule has 7 nitrogen and oxygen atoms in total. The van der Waals surface area contributed by atoms with Gasteiger partial charge in [-0.1, -0.05) is 44.0 Å². The van der Waals surface area contributed by atoms with Gasteiger partial charge in [0.25, 0.3) is 5.91 Å². The largest absolute Gasteiger partial charge is 0.299 e. The van der Waals surface area contributed by atoms with E-state index in [1.54, 1.807) is 6.07 Å². The highest BCUT2D eigenvalue weighted by Gasteiger charge is 2.22. The molecule has 1 amide bonds. The van der Waals surface area contributed by atoms with Crippen molar-refractivity contribution in [2.45, 2.75) is 39.7 Å². The second-order valence-corrected chi connectivity index (χ2v) is 8.31. The van der Waals surface area contributed by atoms with E-state index in [1.807, 2.05) is 18.2 Å². The maximum Gasteiger partial charge on any atom is 0.266 e. The Labute approximate surface area is 182 Å². The van der Waals surface area contributed by atoms with Crippen LogP contribution in [0.5, 0.6) is 0 Å². The average Bonchev–Trinajstić information content (AvgIpc) is 2.74. The lowest BCUT2D eigenvalue weighted by molar-refractivity contribution is 0.0932. The van der Waals surface area contributed by atoms with Crippen LogP contribution in [-0.2, 0) is 6.54 Å². The Bertz CT molecular complexity index is 934. The smallest absolute Gasteiger partial charge is 0.266 e. The zero-order chi connectivity index (χ0) is 21.5. The molecule has 2 N–H and O–H groups in total. The van der Waals surface area contributed by atoms with E-state index < -0.39 is 0 Å². The van der Waals surface area contributed by atoms with Crippen molar-refractivity contribution in [1.82, 2.24) is 25.7 Å². The van der Waals surface area contributed by atoms with Gasteiger partial charge in [-0.25, -0.2) is 15.4 Å². The molecule has 0 unspecified atom stereocenters. The first-order valence-electron chi connectivity index (χ1n) is 10.3. The molecule has 2 heterocycles. The molecule has 1 fully saturated rings. The summed E-state index contributed by atoms with van der Waals surface area (Å²) >= 11 is 6.43. The molecule has 0 bridgehead atoms. The molecule has 2 aromatic rings. The Balaban J connectivity index is 2.02. The van der Waals surface area contributed by atoms with Crippen LogP contribution >= 0.6 is 11.6 Å². The Kier molecular flexibility index (Phi) is 7.75. The number of hydrogen-bond acceptors (Lipinski definition) is 6. The number of rotatable bonds is 7. The van der Waals surface area contributed by atoms with Gasteiger partial charge in [-0.15, -0.1) is 0 Å². The van der Waals surface area contributed by atoms with E-state index in [1.165, 1.54) is 25.5 Å². The summed E-state index contributed by atoms with van der Waals surface area (Å²) in [5.74, 6) is 0.149. The van der Waals surface area contributed by atoms with Crippen LogP contribution in [0.4, 0.5) is 0 Å². The molecule has 0 radical (unpaired) electrons. The number of aromatic nitrogens is 2. The molecule has 1 aromatic carbocycles. The minimum absolute atomic E-state index is 0.0199. The summed E-state index contributed by atoms with van der Waals surface area (Å²) in [5, 5.41) is 9.57. The van der Waals surface area contributed by atoms with Gasteiger partial charge in [0.05, 0.1) is 22.5 Å². The van der Waals surface area contributed by atoms with Gasteiger partial charge in [0.2, 0.25) is 5.82 Å². The lowest BCUT2D eigenvalue weighted by atomic mass is 9.96. The van der Waals surface area contributed by atoms with Crippen molar-refractivity contribution in [3.8, 4) is 17.3 Å². The van der Waals surface area contributed by atoms with Crippen molar-refractivity contribution in [2.24, 2.45) is 5.92 Å². The van der Waals surface area contributed by atoms with E-state index in [4.69, 9.17) is 11.6 Å².